The van der Waals surface area contributed by atoms with Crippen molar-refractivity contribution in [3.05, 3.63) is 0 Å². The quantitative estimate of drug-likeness (QED) is 0.806. The van der Waals surface area contributed by atoms with Gasteiger partial charge in [-0.1, -0.05) is 12.8 Å². The van der Waals surface area contributed by atoms with Crippen LogP contribution in [0.3, 0.4) is 0 Å². The molecule has 0 bridgehead atoms. The highest BCUT2D eigenvalue weighted by Gasteiger charge is 2.19. The van der Waals surface area contributed by atoms with Gasteiger partial charge in [-0.05, 0) is 25.8 Å². The third-order valence-corrected chi connectivity index (χ3v) is 5.58. The van der Waals surface area contributed by atoms with Gasteiger partial charge in [0.05, 0.1) is 11.5 Å². The Morgan fingerprint density at radius 1 is 1.06 bits per heavy atom. The maximum Gasteiger partial charge on any atom is 0.151 e. The second-order valence-corrected chi connectivity index (χ2v) is 7.59. The van der Waals surface area contributed by atoms with Gasteiger partial charge in [0.2, 0.25) is 0 Å². The molecule has 2 aliphatic rings. The maximum absolute atomic E-state index is 11.5. The number of hydrogen-bond acceptors (Lipinski definition) is 4. The summed E-state index contributed by atoms with van der Waals surface area (Å²) in [5.74, 6) is 0.718. The van der Waals surface area contributed by atoms with Crippen LogP contribution in [-0.4, -0.2) is 57.0 Å². The zero-order valence-electron chi connectivity index (χ0n) is 10.5. The van der Waals surface area contributed by atoms with Crippen molar-refractivity contribution in [2.75, 3.05) is 37.7 Å². The number of rotatable bonds is 4. The molecule has 2 fully saturated rings. The summed E-state index contributed by atoms with van der Waals surface area (Å²) in [5.41, 5.74) is 0. The molecule has 0 unspecified atom stereocenters. The molecule has 4 nitrogen and oxygen atoms in total. The van der Waals surface area contributed by atoms with E-state index in [0.717, 1.165) is 26.1 Å². The highest BCUT2D eigenvalue weighted by atomic mass is 32.2. The molecule has 100 valence electrons. The summed E-state index contributed by atoms with van der Waals surface area (Å²) >= 11 is 0. The summed E-state index contributed by atoms with van der Waals surface area (Å²) < 4.78 is 22.9. The van der Waals surface area contributed by atoms with Crippen molar-refractivity contribution in [1.82, 2.24) is 10.2 Å². The van der Waals surface area contributed by atoms with Gasteiger partial charge in [-0.3, -0.25) is 0 Å². The average molecular weight is 260 g/mol. The molecule has 0 aromatic rings. The monoisotopic (exact) mass is 260 g/mol. The van der Waals surface area contributed by atoms with E-state index in [-0.39, 0.29) is 0 Å². The van der Waals surface area contributed by atoms with E-state index in [4.69, 9.17) is 0 Å². The van der Waals surface area contributed by atoms with Crippen LogP contribution in [0.5, 0.6) is 0 Å². The van der Waals surface area contributed by atoms with Crippen LogP contribution in [0, 0.1) is 0 Å². The van der Waals surface area contributed by atoms with Gasteiger partial charge in [-0.25, -0.2) is 8.42 Å². The van der Waals surface area contributed by atoms with E-state index < -0.39 is 9.84 Å². The molecule has 1 heterocycles. The average Bonchev–Trinajstić information content (AvgIpc) is 2.72. The lowest BCUT2D eigenvalue weighted by Crippen LogP contribution is -2.37. The van der Waals surface area contributed by atoms with Crippen LogP contribution in [0.2, 0.25) is 0 Å². The first kappa shape index (κ1) is 13.3. The molecule has 2 rings (SSSR count). The van der Waals surface area contributed by atoms with Gasteiger partial charge in [-0.15, -0.1) is 0 Å². The molecule has 1 aliphatic carbocycles. The van der Waals surface area contributed by atoms with E-state index >= 15 is 0 Å². The predicted molar refractivity (Wildman–Crippen MR) is 70.0 cm³/mol. The van der Waals surface area contributed by atoms with Crippen molar-refractivity contribution in [2.24, 2.45) is 0 Å². The van der Waals surface area contributed by atoms with E-state index in [1.807, 2.05) is 0 Å². The van der Waals surface area contributed by atoms with Crippen molar-refractivity contribution in [2.45, 2.75) is 38.1 Å². The van der Waals surface area contributed by atoms with Crippen molar-refractivity contribution in [3.63, 3.8) is 0 Å². The fraction of sp³-hybridized carbons (Fsp3) is 1.00. The summed E-state index contributed by atoms with van der Waals surface area (Å²) in [5, 5.41) is 3.58. The summed E-state index contributed by atoms with van der Waals surface area (Å²) in [4.78, 5) is 2.28. The lowest BCUT2D eigenvalue weighted by molar-refractivity contribution is 0.288. The van der Waals surface area contributed by atoms with E-state index in [9.17, 15) is 8.42 Å². The van der Waals surface area contributed by atoms with Crippen LogP contribution < -0.4 is 5.32 Å². The molecule has 0 spiro atoms. The summed E-state index contributed by atoms with van der Waals surface area (Å²) in [7, 11) is -2.75. The molecule has 5 heteroatoms. The molecule has 0 aromatic carbocycles. The van der Waals surface area contributed by atoms with Crippen LogP contribution in [0.1, 0.15) is 32.1 Å². The molecule has 1 N–H and O–H groups in total. The Hall–Kier alpha value is -0.130. The fourth-order valence-corrected chi connectivity index (χ4v) is 4.08. The molecule has 1 aliphatic heterocycles. The van der Waals surface area contributed by atoms with Gasteiger partial charge < -0.3 is 10.2 Å². The third-order valence-electron chi connectivity index (χ3n) is 3.86. The fourth-order valence-electron chi connectivity index (χ4n) is 2.77. The Labute approximate surface area is 105 Å². The molecule has 0 amide bonds. The van der Waals surface area contributed by atoms with E-state index in [0.29, 0.717) is 24.1 Å². The molecule has 0 radical (unpaired) electrons. The normalized spacial score (nSPS) is 27.1. The van der Waals surface area contributed by atoms with Gasteiger partial charge in [-0.2, -0.15) is 0 Å². The lowest BCUT2D eigenvalue weighted by Gasteiger charge is -2.20. The standard InChI is InChI=1S/C12H24N2O2S/c15-17(16)10-3-7-14(9-11-17)8-6-13-12-4-1-2-5-12/h12-13H,1-11H2. The van der Waals surface area contributed by atoms with Gasteiger partial charge in [0, 0.05) is 25.7 Å². The van der Waals surface area contributed by atoms with Crippen LogP contribution in [0.15, 0.2) is 0 Å². The minimum atomic E-state index is -2.75. The van der Waals surface area contributed by atoms with Crippen molar-refractivity contribution < 1.29 is 8.42 Å². The first-order valence-electron chi connectivity index (χ1n) is 6.82. The van der Waals surface area contributed by atoms with Crippen molar-refractivity contribution in [3.8, 4) is 0 Å². The predicted octanol–water partition coefficient (Wildman–Crippen LogP) is 0.639. The Morgan fingerprint density at radius 2 is 1.82 bits per heavy atom. The van der Waals surface area contributed by atoms with Gasteiger partial charge in [0.25, 0.3) is 0 Å². The zero-order valence-corrected chi connectivity index (χ0v) is 11.3. The Bertz CT molecular complexity index is 323. The summed E-state index contributed by atoms with van der Waals surface area (Å²) in [6, 6.07) is 0.714. The SMILES string of the molecule is O=S1(=O)CCCN(CCNC2CCCC2)CC1. The highest BCUT2D eigenvalue weighted by molar-refractivity contribution is 7.91. The molecule has 1 saturated carbocycles. The second-order valence-electron chi connectivity index (χ2n) is 5.28. The van der Waals surface area contributed by atoms with Crippen molar-refractivity contribution >= 4 is 9.84 Å². The molecule has 0 aromatic heterocycles. The van der Waals surface area contributed by atoms with Crippen LogP contribution >= 0.6 is 0 Å². The molecule has 17 heavy (non-hydrogen) atoms. The van der Waals surface area contributed by atoms with Crippen LogP contribution in [-0.2, 0) is 9.84 Å². The first-order valence-corrected chi connectivity index (χ1v) is 8.64. The summed E-state index contributed by atoms with van der Waals surface area (Å²) in [6.07, 6.45) is 6.15. The van der Waals surface area contributed by atoms with Gasteiger partial charge in [0.1, 0.15) is 0 Å². The molecule has 0 atom stereocenters. The Balaban J connectivity index is 1.65. The number of nitrogens with one attached hydrogen (secondary N) is 1. The molecule has 1 saturated heterocycles. The lowest BCUT2D eigenvalue weighted by atomic mass is 10.2. The summed E-state index contributed by atoms with van der Waals surface area (Å²) in [6.45, 7) is 3.65. The first-order chi connectivity index (χ1) is 8.16. The number of sulfone groups is 1. The molecular formula is C12H24N2O2S. The largest absolute Gasteiger partial charge is 0.313 e. The minimum Gasteiger partial charge on any atom is -0.313 e. The maximum atomic E-state index is 11.5. The smallest absolute Gasteiger partial charge is 0.151 e. The van der Waals surface area contributed by atoms with Gasteiger partial charge in [0.15, 0.2) is 9.84 Å². The zero-order chi connectivity index (χ0) is 12.1. The van der Waals surface area contributed by atoms with E-state index in [1.165, 1.54) is 25.7 Å². The number of nitrogens with zero attached hydrogens (tertiary/aromatic N) is 1. The molecular weight excluding hydrogens is 236 g/mol. The topological polar surface area (TPSA) is 49.4 Å². The number of hydrogen-bond donors (Lipinski definition) is 1. The highest BCUT2D eigenvalue weighted by Crippen LogP contribution is 2.17. The van der Waals surface area contributed by atoms with E-state index in [2.05, 4.69) is 10.2 Å². The second kappa shape index (κ2) is 6.16. The van der Waals surface area contributed by atoms with Gasteiger partial charge >= 0.3 is 0 Å². The Morgan fingerprint density at radius 3 is 2.59 bits per heavy atom. The van der Waals surface area contributed by atoms with E-state index in [1.54, 1.807) is 0 Å². The van der Waals surface area contributed by atoms with Crippen molar-refractivity contribution in [1.29, 1.82) is 0 Å². The minimum absolute atomic E-state index is 0.344. The van der Waals surface area contributed by atoms with Crippen LogP contribution in [0.4, 0.5) is 0 Å². The Kier molecular flexibility index (Phi) is 4.82. The third kappa shape index (κ3) is 4.56. The van der Waals surface area contributed by atoms with Crippen LogP contribution in [0.25, 0.3) is 0 Å².